The number of thiophene rings is 1. The van der Waals surface area contributed by atoms with Gasteiger partial charge in [0.25, 0.3) is 0 Å². The molecule has 2 aromatic rings. The summed E-state index contributed by atoms with van der Waals surface area (Å²) in [4.78, 5) is 27.8. The fraction of sp³-hybridized carbons (Fsp3) is 0.368. The Morgan fingerprint density at radius 2 is 2.00 bits per heavy atom. The number of benzene rings is 1. The third-order valence-electron chi connectivity index (χ3n) is 4.40. The van der Waals surface area contributed by atoms with Crippen molar-refractivity contribution in [2.24, 2.45) is 5.92 Å². The predicted octanol–water partition coefficient (Wildman–Crippen LogP) is 4.11. The number of carbonyl (C=O) groups excluding carboxylic acids is 2. The quantitative estimate of drug-likeness (QED) is 0.741. The normalized spacial score (nSPS) is 17.0. The number of nitrogens with one attached hydrogen (secondary N) is 2. The highest BCUT2D eigenvalue weighted by Crippen LogP contribution is 2.22. The van der Waals surface area contributed by atoms with Crippen molar-refractivity contribution in [1.29, 1.82) is 0 Å². The molecule has 0 saturated carbocycles. The second-order valence-corrected chi connectivity index (χ2v) is 8.88. The standard InChI is InChI=1S/C19H22BrN3O2S/c20-17-9-8-16(26-17)10-11-21-18(24)14-5-4-12-23(13-14)19(25)22-15-6-2-1-3-7-15/h1-3,6-9,14H,4-5,10-13H2,(H,21,24)(H,22,25). The number of amides is 3. The number of piperidine rings is 1. The number of rotatable bonds is 5. The number of halogens is 1. The molecule has 5 nitrogen and oxygen atoms in total. The zero-order valence-electron chi connectivity index (χ0n) is 14.4. The molecule has 3 rings (SSSR count). The Balaban J connectivity index is 1.46. The molecule has 2 heterocycles. The van der Waals surface area contributed by atoms with Crippen molar-refractivity contribution in [3.05, 3.63) is 51.1 Å². The van der Waals surface area contributed by atoms with Crippen LogP contribution in [0.4, 0.5) is 10.5 Å². The van der Waals surface area contributed by atoms with E-state index in [2.05, 4.69) is 32.6 Å². The smallest absolute Gasteiger partial charge is 0.321 e. The molecule has 0 spiro atoms. The number of anilines is 1. The topological polar surface area (TPSA) is 61.4 Å². The molecule has 2 N–H and O–H groups in total. The Labute approximate surface area is 165 Å². The third-order valence-corrected chi connectivity index (χ3v) is 6.09. The molecule has 1 fully saturated rings. The molecule has 1 aliphatic heterocycles. The summed E-state index contributed by atoms with van der Waals surface area (Å²) in [6, 6.07) is 13.3. The zero-order chi connectivity index (χ0) is 18.4. The highest BCUT2D eigenvalue weighted by atomic mass is 79.9. The monoisotopic (exact) mass is 435 g/mol. The van der Waals surface area contributed by atoms with E-state index in [9.17, 15) is 9.59 Å². The molecule has 1 saturated heterocycles. The highest BCUT2D eigenvalue weighted by molar-refractivity contribution is 9.11. The van der Waals surface area contributed by atoms with Gasteiger partial charge in [-0.25, -0.2) is 4.79 Å². The lowest BCUT2D eigenvalue weighted by Gasteiger charge is -2.32. The minimum atomic E-state index is -0.142. The van der Waals surface area contributed by atoms with E-state index >= 15 is 0 Å². The average Bonchev–Trinajstić information content (AvgIpc) is 3.07. The van der Waals surface area contributed by atoms with Crippen LogP contribution in [0.15, 0.2) is 46.3 Å². The van der Waals surface area contributed by atoms with E-state index in [0.29, 0.717) is 19.6 Å². The zero-order valence-corrected chi connectivity index (χ0v) is 16.8. The third kappa shape index (κ3) is 5.32. The van der Waals surface area contributed by atoms with Gasteiger partial charge < -0.3 is 15.5 Å². The average molecular weight is 436 g/mol. The number of likely N-dealkylation sites (tertiary alicyclic amines) is 1. The van der Waals surface area contributed by atoms with Gasteiger partial charge in [-0.15, -0.1) is 11.3 Å². The van der Waals surface area contributed by atoms with Crippen LogP contribution in [0.5, 0.6) is 0 Å². The van der Waals surface area contributed by atoms with Crippen molar-refractivity contribution in [1.82, 2.24) is 10.2 Å². The molecule has 0 radical (unpaired) electrons. The summed E-state index contributed by atoms with van der Waals surface area (Å²) in [6.45, 7) is 1.78. The van der Waals surface area contributed by atoms with Crippen LogP contribution in [0, 0.1) is 5.92 Å². The Morgan fingerprint density at radius 1 is 1.19 bits per heavy atom. The lowest BCUT2D eigenvalue weighted by molar-refractivity contribution is -0.126. The van der Waals surface area contributed by atoms with E-state index in [-0.39, 0.29) is 17.9 Å². The molecular formula is C19H22BrN3O2S. The van der Waals surface area contributed by atoms with Crippen LogP contribution in [0.25, 0.3) is 0 Å². The minimum Gasteiger partial charge on any atom is -0.355 e. The van der Waals surface area contributed by atoms with Crippen LogP contribution in [0.1, 0.15) is 17.7 Å². The molecule has 7 heteroatoms. The van der Waals surface area contributed by atoms with Crippen LogP contribution in [0.2, 0.25) is 0 Å². The summed E-state index contributed by atoms with van der Waals surface area (Å²) in [5.74, 6) is -0.0989. The second kappa shape index (κ2) is 9.19. The van der Waals surface area contributed by atoms with Crippen LogP contribution < -0.4 is 10.6 Å². The van der Waals surface area contributed by atoms with Gasteiger partial charge in [0.1, 0.15) is 0 Å². The summed E-state index contributed by atoms with van der Waals surface area (Å²) in [5, 5.41) is 5.90. The van der Waals surface area contributed by atoms with Gasteiger partial charge in [-0.1, -0.05) is 18.2 Å². The molecule has 1 aromatic carbocycles. The molecule has 26 heavy (non-hydrogen) atoms. The van der Waals surface area contributed by atoms with E-state index in [1.807, 2.05) is 36.4 Å². The maximum absolute atomic E-state index is 12.4. The minimum absolute atomic E-state index is 0.0397. The largest absolute Gasteiger partial charge is 0.355 e. The van der Waals surface area contributed by atoms with Crippen molar-refractivity contribution in [2.75, 3.05) is 25.0 Å². The Hall–Kier alpha value is -1.86. The van der Waals surface area contributed by atoms with Crippen molar-refractivity contribution < 1.29 is 9.59 Å². The summed E-state index contributed by atoms with van der Waals surface area (Å²) < 4.78 is 1.10. The molecular weight excluding hydrogens is 414 g/mol. The summed E-state index contributed by atoms with van der Waals surface area (Å²) >= 11 is 5.13. The summed E-state index contributed by atoms with van der Waals surface area (Å²) in [5.41, 5.74) is 0.770. The van der Waals surface area contributed by atoms with Crippen molar-refractivity contribution in [3.8, 4) is 0 Å². The van der Waals surface area contributed by atoms with Crippen molar-refractivity contribution in [2.45, 2.75) is 19.3 Å². The highest BCUT2D eigenvalue weighted by Gasteiger charge is 2.28. The van der Waals surface area contributed by atoms with Gasteiger partial charge in [0.2, 0.25) is 5.91 Å². The summed E-state index contributed by atoms with van der Waals surface area (Å²) in [7, 11) is 0. The van der Waals surface area contributed by atoms with Gasteiger partial charge >= 0.3 is 6.03 Å². The first-order valence-corrected chi connectivity index (χ1v) is 10.4. The number of urea groups is 1. The molecule has 1 atom stereocenters. The Morgan fingerprint density at radius 3 is 2.73 bits per heavy atom. The second-order valence-electron chi connectivity index (χ2n) is 6.33. The SMILES string of the molecule is O=C(NCCc1ccc(Br)s1)C1CCCN(C(=O)Nc2ccccc2)C1. The Kier molecular flexibility index (Phi) is 6.68. The first-order valence-electron chi connectivity index (χ1n) is 8.75. The number of nitrogens with zero attached hydrogens (tertiary/aromatic N) is 1. The molecule has 1 unspecified atom stereocenters. The van der Waals surface area contributed by atoms with E-state index in [1.165, 1.54) is 4.88 Å². The van der Waals surface area contributed by atoms with Gasteiger partial charge in [0, 0.05) is 30.2 Å². The van der Waals surface area contributed by atoms with Crippen molar-refractivity contribution in [3.63, 3.8) is 0 Å². The van der Waals surface area contributed by atoms with Gasteiger partial charge in [0.05, 0.1) is 9.70 Å². The molecule has 1 aromatic heterocycles. The van der Waals surface area contributed by atoms with E-state index < -0.39 is 0 Å². The molecule has 138 valence electrons. The lowest BCUT2D eigenvalue weighted by atomic mass is 9.97. The van der Waals surface area contributed by atoms with Crippen molar-refractivity contribution >= 4 is 44.9 Å². The van der Waals surface area contributed by atoms with Gasteiger partial charge in [0.15, 0.2) is 0 Å². The van der Waals surface area contributed by atoms with Gasteiger partial charge in [-0.3, -0.25) is 4.79 Å². The van der Waals surface area contributed by atoms with E-state index in [0.717, 1.165) is 28.7 Å². The molecule has 3 amide bonds. The van der Waals surface area contributed by atoms with Crippen LogP contribution >= 0.6 is 27.3 Å². The van der Waals surface area contributed by atoms with Crippen LogP contribution in [-0.4, -0.2) is 36.5 Å². The number of carbonyl (C=O) groups is 2. The Bertz CT molecular complexity index is 750. The fourth-order valence-corrected chi connectivity index (χ4v) is 4.52. The molecule has 0 aliphatic carbocycles. The first-order chi connectivity index (χ1) is 12.6. The van der Waals surface area contributed by atoms with Crippen LogP contribution in [-0.2, 0) is 11.2 Å². The lowest BCUT2D eigenvalue weighted by Crippen LogP contribution is -2.47. The number of hydrogen-bond acceptors (Lipinski definition) is 3. The fourth-order valence-electron chi connectivity index (χ4n) is 3.04. The van der Waals surface area contributed by atoms with E-state index in [1.54, 1.807) is 16.2 Å². The molecule has 0 bridgehead atoms. The number of para-hydroxylation sites is 1. The van der Waals surface area contributed by atoms with E-state index in [4.69, 9.17) is 0 Å². The first kappa shape index (κ1) is 18.9. The molecule has 1 aliphatic rings. The summed E-state index contributed by atoms with van der Waals surface area (Å²) in [6.07, 6.45) is 2.50. The van der Waals surface area contributed by atoms with Gasteiger partial charge in [-0.2, -0.15) is 0 Å². The van der Waals surface area contributed by atoms with Gasteiger partial charge in [-0.05, 0) is 59.5 Å². The maximum Gasteiger partial charge on any atom is 0.321 e. The number of hydrogen-bond donors (Lipinski definition) is 2. The maximum atomic E-state index is 12.4. The van der Waals surface area contributed by atoms with Crippen LogP contribution in [0.3, 0.4) is 0 Å². The predicted molar refractivity (Wildman–Crippen MR) is 108 cm³/mol.